The smallest absolute Gasteiger partial charge is 0.295 e. The lowest BCUT2D eigenvalue weighted by molar-refractivity contribution is -0.118. The van der Waals surface area contributed by atoms with Crippen LogP contribution in [-0.4, -0.2) is 28.5 Å². The van der Waals surface area contributed by atoms with Gasteiger partial charge >= 0.3 is 0 Å². The third-order valence-corrected chi connectivity index (χ3v) is 2.39. The van der Waals surface area contributed by atoms with E-state index in [1.165, 1.54) is 5.38 Å². The number of ketones is 1. The van der Waals surface area contributed by atoms with Crippen LogP contribution in [0.5, 0.6) is 0 Å². The number of carbonyl (C=O) groups excluding carboxylic acids is 3. The minimum atomic E-state index is -0.715. The highest BCUT2D eigenvalue weighted by atomic mass is 32.1. The number of nitrogens with one attached hydrogen (secondary N) is 1. The van der Waals surface area contributed by atoms with Crippen molar-refractivity contribution in [2.75, 3.05) is 0 Å². The van der Waals surface area contributed by atoms with Gasteiger partial charge < -0.3 is 5.32 Å². The Morgan fingerprint density at radius 2 is 2.06 bits per heavy atom. The Morgan fingerprint density at radius 3 is 2.50 bits per heavy atom. The van der Waals surface area contributed by atoms with Gasteiger partial charge in [-0.15, -0.1) is 11.3 Å². The Morgan fingerprint density at radius 1 is 1.44 bits per heavy atom. The van der Waals surface area contributed by atoms with Crippen LogP contribution in [-0.2, 0) is 4.79 Å². The highest BCUT2D eigenvalue weighted by Crippen LogP contribution is 2.10. The van der Waals surface area contributed by atoms with Crippen molar-refractivity contribution in [3.63, 3.8) is 0 Å². The second-order valence-corrected chi connectivity index (χ2v) is 5.09. The lowest BCUT2D eigenvalue weighted by Crippen LogP contribution is -2.44. The molecule has 1 rings (SSSR count). The van der Waals surface area contributed by atoms with Crippen molar-refractivity contribution in [3.8, 4) is 0 Å². The van der Waals surface area contributed by atoms with Crippen molar-refractivity contribution >= 4 is 29.3 Å². The lowest BCUT2D eigenvalue weighted by atomic mass is 10.1. The van der Waals surface area contributed by atoms with Crippen molar-refractivity contribution in [1.29, 1.82) is 0 Å². The predicted molar refractivity (Wildman–Crippen MR) is 59.7 cm³/mol. The first kappa shape index (κ1) is 12.5. The molecule has 6 heteroatoms. The Balaban J connectivity index is 2.78. The number of Topliss-reactive ketones (excluding diaryl/α,β-unsaturated/α-hetero) is 1. The number of aromatic nitrogens is 1. The monoisotopic (exact) mass is 240 g/mol. The van der Waals surface area contributed by atoms with Gasteiger partial charge in [-0.3, -0.25) is 14.4 Å². The molecule has 0 unspecified atom stereocenters. The summed E-state index contributed by atoms with van der Waals surface area (Å²) in [5, 5.41) is 4.00. The zero-order chi connectivity index (χ0) is 12.3. The zero-order valence-corrected chi connectivity index (χ0v) is 10.1. The summed E-state index contributed by atoms with van der Waals surface area (Å²) in [4.78, 5) is 37.1. The van der Waals surface area contributed by atoms with E-state index in [4.69, 9.17) is 0 Å². The van der Waals surface area contributed by atoms with E-state index in [-0.39, 0.29) is 10.7 Å². The SMILES string of the molecule is CC(C)(C)NC(=O)C(=O)c1nc(C=O)cs1. The summed E-state index contributed by atoms with van der Waals surface area (Å²) in [5.74, 6) is -1.42. The van der Waals surface area contributed by atoms with Crippen molar-refractivity contribution in [2.24, 2.45) is 0 Å². The first-order valence-electron chi connectivity index (χ1n) is 4.61. The summed E-state index contributed by atoms with van der Waals surface area (Å²) < 4.78 is 0. The van der Waals surface area contributed by atoms with Gasteiger partial charge in [-0.25, -0.2) is 4.98 Å². The van der Waals surface area contributed by atoms with Gasteiger partial charge in [0.25, 0.3) is 11.7 Å². The van der Waals surface area contributed by atoms with Gasteiger partial charge in [-0.1, -0.05) is 0 Å². The van der Waals surface area contributed by atoms with Gasteiger partial charge in [0.15, 0.2) is 11.3 Å². The molecule has 86 valence electrons. The topological polar surface area (TPSA) is 76.1 Å². The maximum absolute atomic E-state index is 11.6. The standard InChI is InChI=1S/C10H12N2O3S/c1-10(2,3)12-8(15)7(14)9-11-6(4-13)5-16-9/h4-5H,1-3H3,(H,12,15). The van der Waals surface area contributed by atoms with Gasteiger partial charge in [0.1, 0.15) is 5.69 Å². The second-order valence-electron chi connectivity index (χ2n) is 4.23. The minimum Gasteiger partial charge on any atom is -0.345 e. The zero-order valence-electron chi connectivity index (χ0n) is 9.23. The largest absolute Gasteiger partial charge is 0.345 e. The van der Waals surface area contributed by atoms with E-state index in [9.17, 15) is 14.4 Å². The molecule has 0 aliphatic heterocycles. The fraction of sp³-hybridized carbons (Fsp3) is 0.400. The van der Waals surface area contributed by atoms with E-state index in [2.05, 4.69) is 10.3 Å². The maximum Gasteiger partial charge on any atom is 0.295 e. The molecular weight excluding hydrogens is 228 g/mol. The first-order chi connectivity index (χ1) is 7.33. The molecule has 0 aliphatic rings. The summed E-state index contributed by atoms with van der Waals surface area (Å²) >= 11 is 0.984. The molecule has 0 saturated heterocycles. The molecular formula is C10H12N2O3S. The van der Waals surface area contributed by atoms with Crippen molar-refractivity contribution in [3.05, 3.63) is 16.1 Å². The van der Waals surface area contributed by atoms with E-state index in [0.29, 0.717) is 6.29 Å². The highest BCUT2D eigenvalue weighted by Gasteiger charge is 2.23. The molecule has 0 spiro atoms. The molecule has 0 fully saturated rings. The van der Waals surface area contributed by atoms with Gasteiger partial charge in [0, 0.05) is 10.9 Å². The fourth-order valence-corrected chi connectivity index (χ4v) is 1.64. The average Bonchev–Trinajstić information content (AvgIpc) is 2.61. The molecule has 1 amide bonds. The van der Waals surface area contributed by atoms with E-state index >= 15 is 0 Å². The quantitative estimate of drug-likeness (QED) is 0.487. The number of thiazole rings is 1. The number of hydrogen-bond acceptors (Lipinski definition) is 5. The van der Waals surface area contributed by atoms with Crippen LogP contribution in [0.1, 0.15) is 41.1 Å². The minimum absolute atomic E-state index is 0.0313. The van der Waals surface area contributed by atoms with Crippen LogP contribution >= 0.6 is 11.3 Å². The van der Waals surface area contributed by atoms with Crippen LogP contribution < -0.4 is 5.32 Å². The van der Waals surface area contributed by atoms with Crippen LogP contribution in [0.4, 0.5) is 0 Å². The van der Waals surface area contributed by atoms with Crippen molar-refractivity contribution in [2.45, 2.75) is 26.3 Å². The highest BCUT2D eigenvalue weighted by molar-refractivity contribution is 7.12. The number of amides is 1. The molecule has 16 heavy (non-hydrogen) atoms. The third-order valence-electron chi connectivity index (χ3n) is 1.53. The average molecular weight is 240 g/mol. The van der Waals surface area contributed by atoms with E-state index in [0.717, 1.165) is 11.3 Å². The van der Waals surface area contributed by atoms with Gasteiger partial charge in [-0.05, 0) is 20.8 Å². The number of carbonyl (C=O) groups is 3. The molecule has 0 aliphatic carbocycles. The van der Waals surface area contributed by atoms with Gasteiger partial charge in [-0.2, -0.15) is 0 Å². The molecule has 0 saturated carbocycles. The van der Waals surface area contributed by atoms with E-state index < -0.39 is 17.2 Å². The third kappa shape index (κ3) is 3.23. The Labute approximate surface area is 96.9 Å². The van der Waals surface area contributed by atoms with Crippen LogP contribution in [0.25, 0.3) is 0 Å². The summed E-state index contributed by atoms with van der Waals surface area (Å²) in [5.41, 5.74) is -0.311. The molecule has 0 aromatic carbocycles. The molecule has 1 heterocycles. The number of aldehydes is 1. The lowest BCUT2D eigenvalue weighted by Gasteiger charge is -2.19. The molecule has 0 bridgehead atoms. The molecule has 1 aromatic heterocycles. The number of nitrogens with zero attached hydrogens (tertiary/aromatic N) is 1. The molecule has 1 aromatic rings. The Hall–Kier alpha value is -1.56. The normalized spacial score (nSPS) is 10.9. The van der Waals surface area contributed by atoms with Crippen LogP contribution in [0.3, 0.4) is 0 Å². The van der Waals surface area contributed by atoms with Crippen LogP contribution in [0.2, 0.25) is 0 Å². The Bertz CT molecular complexity index is 432. The summed E-state index contributed by atoms with van der Waals surface area (Å²) in [6.45, 7) is 5.32. The number of hydrogen-bond donors (Lipinski definition) is 1. The van der Waals surface area contributed by atoms with Crippen LogP contribution in [0, 0.1) is 0 Å². The summed E-state index contributed by atoms with van der Waals surface area (Å²) in [7, 11) is 0. The van der Waals surface area contributed by atoms with Crippen molar-refractivity contribution < 1.29 is 14.4 Å². The second kappa shape index (κ2) is 4.52. The summed E-state index contributed by atoms with van der Waals surface area (Å²) in [6, 6.07) is 0. The van der Waals surface area contributed by atoms with E-state index in [1.807, 2.05) is 0 Å². The van der Waals surface area contributed by atoms with Gasteiger partial charge in [0.2, 0.25) is 0 Å². The Kier molecular flexibility index (Phi) is 3.54. The molecule has 1 N–H and O–H groups in total. The molecule has 5 nitrogen and oxygen atoms in total. The number of rotatable bonds is 3. The predicted octanol–water partition coefficient (Wildman–Crippen LogP) is 1.05. The van der Waals surface area contributed by atoms with Crippen LogP contribution in [0.15, 0.2) is 5.38 Å². The van der Waals surface area contributed by atoms with Crippen molar-refractivity contribution in [1.82, 2.24) is 10.3 Å². The molecule has 0 radical (unpaired) electrons. The fourth-order valence-electron chi connectivity index (χ4n) is 0.939. The first-order valence-corrected chi connectivity index (χ1v) is 5.49. The summed E-state index contributed by atoms with van der Waals surface area (Å²) in [6.07, 6.45) is 0.537. The van der Waals surface area contributed by atoms with Gasteiger partial charge in [0.05, 0.1) is 0 Å². The van der Waals surface area contributed by atoms with E-state index in [1.54, 1.807) is 20.8 Å². The maximum atomic E-state index is 11.6. The molecule has 0 atom stereocenters.